The number of nitrogens with zero attached hydrogens (tertiary/aromatic N) is 2. The molecule has 30 heavy (non-hydrogen) atoms. The van der Waals surface area contributed by atoms with Gasteiger partial charge in [-0.1, -0.05) is 41.6 Å². The Morgan fingerprint density at radius 2 is 1.90 bits per heavy atom. The summed E-state index contributed by atoms with van der Waals surface area (Å²) >= 11 is 0. The highest BCUT2D eigenvalue weighted by molar-refractivity contribution is 6.01. The summed E-state index contributed by atoms with van der Waals surface area (Å²) < 4.78 is 23.7. The minimum atomic E-state index is -1.80. The maximum absolute atomic E-state index is 13.5. The number of benzene rings is 2. The van der Waals surface area contributed by atoms with Crippen molar-refractivity contribution >= 4 is 17.9 Å². The van der Waals surface area contributed by atoms with Gasteiger partial charge in [0.15, 0.2) is 5.84 Å². The van der Waals surface area contributed by atoms with Crippen molar-refractivity contribution < 1.29 is 28.6 Å². The van der Waals surface area contributed by atoms with Crippen LogP contribution in [0.5, 0.6) is 0 Å². The van der Waals surface area contributed by atoms with Gasteiger partial charge in [-0.2, -0.15) is 0 Å². The van der Waals surface area contributed by atoms with Gasteiger partial charge in [0, 0.05) is 5.56 Å². The van der Waals surface area contributed by atoms with Crippen LogP contribution in [-0.4, -0.2) is 54.3 Å². The van der Waals surface area contributed by atoms with E-state index in [1.165, 1.54) is 36.3 Å². The number of ether oxygens (including phenoxy) is 2. The van der Waals surface area contributed by atoms with Crippen LogP contribution >= 0.6 is 0 Å². The van der Waals surface area contributed by atoms with Crippen molar-refractivity contribution in [1.82, 2.24) is 4.90 Å². The molecule has 1 atom stereocenters. The van der Waals surface area contributed by atoms with E-state index in [1.54, 1.807) is 6.08 Å². The first-order chi connectivity index (χ1) is 14.5. The number of carbonyl (C=O) groups is 1. The molecule has 2 heterocycles. The lowest BCUT2D eigenvalue weighted by molar-refractivity contribution is -0.213. The van der Waals surface area contributed by atoms with Crippen molar-refractivity contribution in [3.8, 4) is 0 Å². The summed E-state index contributed by atoms with van der Waals surface area (Å²) in [6, 6.07) is 14.8. The third-order valence-electron chi connectivity index (χ3n) is 5.04. The van der Waals surface area contributed by atoms with Gasteiger partial charge < -0.3 is 19.4 Å². The Kier molecular flexibility index (Phi) is 5.27. The fraction of sp³-hybridized carbons (Fsp3) is 0.273. The van der Waals surface area contributed by atoms with Gasteiger partial charge >= 0.3 is 11.7 Å². The fourth-order valence-electron chi connectivity index (χ4n) is 3.43. The molecular weight excluding hydrogens is 391 g/mol. The zero-order valence-electron chi connectivity index (χ0n) is 16.3. The second kappa shape index (κ2) is 7.89. The zero-order chi connectivity index (χ0) is 21.2. The van der Waals surface area contributed by atoms with E-state index in [1.807, 2.05) is 36.4 Å². The van der Waals surface area contributed by atoms with E-state index in [9.17, 15) is 14.3 Å². The highest BCUT2D eigenvalue weighted by Crippen LogP contribution is 2.39. The highest BCUT2D eigenvalue weighted by Gasteiger charge is 2.57. The van der Waals surface area contributed by atoms with Crippen LogP contribution in [0, 0.1) is 5.82 Å². The van der Waals surface area contributed by atoms with E-state index in [0.717, 1.165) is 5.56 Å². The molecule has 7 nitrogen and oxygen atoms in total. The SMILES string of the molecule is COC(=O)C1(c2ccc(F)cc2)ON=C(C=Cc2ccccc2)N1CC1(O)COC1. The first-order valence-electron chi connectivity index (χ1n) is 9.38. The van der Waals surface area contributed by atoms with Crippen molar-refractivity contribution in [2.45, 2.75) is 11.3 Å². The lowest BCUT2D eigenvalue weighted by Gasteiger charge is -2.43. The molecule has 2 aromatic carbocycles. The largest absolute Gasteiger partial charge is 0.464 e. The van der Waals surface area contributed by atoms with Gasteiger partial charge in [0.25, 0.3) is 0 Å². The summed E-state index contributed by atoms with van der Waals surface area (Å²) in [5, 5.41) is 14.8. The Bertz CT molecular complexity index is 973. The van der Waals surface area contributed by atoms with Crippen LogP contribution in [0.25, 0.3) is 6.08 Å². The number of rotatable bonds is 6. The minimum Gasteiger partial charge on any atom is -0.464 e. The van der Waals surface area contributed by atoms with Crippen LogP contribution in [0.4, 0.5) is 4.39 Å². The Morgan fingerprint density at radius 1 is 1.20 bits per heavy atom. The maximum atomic E-state index is 13.5. The van der Waals surface area contributed by atoms with E-state index in [2.05, 4.69) is 5.16 Å². The van der Waals surface area contributed by atoms with E-state index in [0.29, 0.717) is 11.4 Å². The van der Waals surface area contributed by atoms with Gasteiger partial charge in [-0.15, -0.1) is 0 Å². The van der Waals surface area contributed by atoms with E-state index < -0.39 is 23.1 Å². The van der Waals surface area contributed by atoms with Gasteiger partial charge in [0.05, 0.1) is 26.9 Å². The van der Waals surface area contributed by atoms with Crippen molar-refractivity contribution in [3.05, 3.63) is 77.6 Å². The van der Waals surface area contributed by atoms with Crippen LogP contribution in [-0.2, 0) is 24.8 Å². The van der Waals surface area contributed by atoms with Crippen molar-refractivity contribution in [3.63, 3.8) is 0 Å². The number of β-amino-alcohol motifs (C(OH)–C–C–N with tert-alkyl or cyclic N) is 1. The van der Waals surface area contributed by atoms with Crippen LogP contribution in [0.15, 0.2) is 65.8 Å². The van der Waals surface area contributed by atoms with Crippen molar-refractivity contribution in [2.24, 2.45) is 5.16 Å². The first kappa shape index (κ1) is 20.1. The number of halogens is 1. The molecule has 4 rings (SSSR count). The van der Waals surface area contributed by atoms with Crippen LogP contribution in [0.3, 0.4) is 0 Å². The predicted molar refractivity (Wildman–Crippen MR) is 107 cm³/mol. The molecule has 0 spiro atoms. The number of hydrogen-bond acceptors (Lipinski definition) is 7. The zero-order valence-corrected chi connectivity index (χ0v) is 16.3. The molecule has 1 N–H and O–H groups in total. The van der Waals surface area contributed by atoms with E-state index in [4.69, 9.17) is 14.3 Å². The smallest absolute Gasteiger partial charge is 0.380 e. The molecule has 0 aromatic heterocycles. The second-order valence-corrected chi connectivity index (χ2v) is 7.23. The molecule has 1 saturated heterocycles. The Morgan fingerprint density at radius 3 is 2.50 bits per heavy atom. The van der Waals surface area contributed by atoms with Crippen molar-refractivity contribution in [2.75, 3.05) is 26.9 Å². The monoisotopic (exact) mass is 412 g/mol. The molecule has 0 saturated carbocycles. The van der Waals surface area contributed by atoms with Gasteiger partial charge in [0.2, 0.25) is 0 Å². The number of hydrogen-bond donors (Lipinski definition) is 1. The maximum Gasteiger partial charge on any atom is 0.380 e. The molecule has 1 unspecified atom stereocenters. The summed E-state index contributed by atoms with van der Waals surface area (Å²) in [5.41, 5.74) is -1.74. The average molecular weight is 412 g/mol. The van der Waals surface area contributed by atoms with Crippen molar-refractivity contribution in [1.29, 1.82) is 0 Å². The van der Waals surface area contributed by atoms with Gasteiger partial charge in [-0.25, -0.2) is 9.18 Å². The van der Waals surface area contributed by atoms with Gasteiger partial charge in [-0.05, 0) is 35.9 Å². The molecule has 156 valence electrons. The summed E-state index contributed by atoms with van der Waals surface area (Å²) in [5.74, 6) is -0.891. The Balaban J connectivity index is 1.75. The summed E-state index contributed by atoms with van der Waals surface area (Å²) in [7, 11) is 1.23. The quantitative estimate of drug-likeness (QED) is 0.734. The Hall–Kier alpha value is -3.23. The fourth-order valence-corrected chi connectivity index (χ4v) is 3.43. The standard InChI is InChI=1S/C22H21FN2O5/c1-28-20(26)22(17-8-10-18(23)11-9-17)25(13-21(27)14-29-15-21)19(24-30-22)12-7-16-5-3-2-4-6-16/h2-12,27H,13-15H2,1H3. The molecule has 0 aliphatic carbocycles. The topological polar surface area (TPSA) is 80.6 Å². The number of esters is 1. The van der Waals surface area contributed by atoms with Crippen LogP contribution in [0.1, 0.15) is 11.1 Å². The Labute approximate surface area is 173 Å². The van der Waals surface area contributed by atoms with Crippen LogP contribution in [0.2, 0.25) is 0 Å². The van der Waals surface area contributed by atoms with E-state index >= 15 is 0 Å². The molecular formula is C22H21FN2O5. The van der Waals surface area contributed by atoms with Gasteiger partial charge in [0.1, 0.15) is 11.4 Å². The molecule has 0 amide bonds. The predicted octanol–water partition coefficient (Wildman–Crippen LogP) is 2.27. The molecule has 0 radical (unpaired) electrons. The second-order valence-electron chi connectivity index (χ2n) is 7.23. The molecule has 2 aliphatic rings. The molecule has 2 aliphatic heterocycles. The van der Waals surface area contributed by atoms with E-state index in [-0.39, 0.29) is 19.8 Å². The summed E-state index contributed by atoms with van der Waals surface area (Å²) in [6.45, 7) is 0.219. The van der Waals surface area contributed by atoms with Crippen LogP contribution < -0.4 is 0 Å². The number of methoxy groups -OCH3 is 1. The number of carbonyl (C=O) groups excluding carboxylic acids is 1. The third kappa shape index (κ3) is 3.55. The molecule has 0 bridgehead atoms. The highest BCUT2D eigenvalue weighted by atomic mass is 19.1. The minimum absolute atomic E-state index is 0.00254. The molecule has 8 heteroatoms. The summed E-state index contributed by atoms with van der Waals surface area (Å²) in [6.07, 6.45) is 3.50. The normalized spacial score (nSPS) is 22.4. The number of oxime groups is 1. The number of amidine groups is 1. The lowest BCUT2D eigenvalue weighted by atomic mass is 9.95. The molecule has 1 fully saturated rings. The molecule has 2 aromatic rings. The average Bonchev–Trinajstić information content (AvgIpc) is 3.10. The third-order valence-corrected chi connectivity index (χ3v) is 5.04. The summed E-state index contributed by atoms with van der Waals surface area (Å²) in [4.78, 5) is 20.1. The van der Waals surface area contributed by atoms with Gasteiger partial charge in [-0.3, -0.25) is 4.90 Å². The lowest BCUT2D eigenvalue weighted by Crippen LogP contribution is -2.62. The first-order valence-corrected chi connectivity index (χ1v) is 9.38. The number of aliphatic hydroxyl groups is 1.